The molecular formula is C8H12N2O4. The first-order chi connectivity index (χ1) is 6.59. The molecule has 0 aromatic rings. The molecule has 1 fully saturated rings. The molecule has 1 heterocycles. The van der Waals surface area contributed by atoms with Crippen molar-refractivity contribution in [3.8, 4) is 0 Å². The van der Waals surface area contributed by atoms with Crippen LogP contribution in [0, 0.1) is 0 Å². The number of hydrogen-bond acceptors (Lipinski definition) is 3. The molecule has 1 aliphatic rings. The van der Waals surface area contributed by atoms with Crippen molar-refractivity contribution in [2.75, 3.05) is 13.1 Å². The third kappa shape index (κ3) is 3.04. The monoisotopic (exact) mass is 200 g/mol. The maximum Gasteiger partial charge on any atom is 0.324 e. The number of imide groups is 1. The smallest absolute Gasteiger partial charge is 0.324 e. The van der Waals surface area contributed by atoms with Gasteiger partial charge in [0.15, 0.2) is 0 Å². The third-order valence-corrected chi connectivity index (χ3v) is 1.96. The van der Waals surface area contributed by atoms with Crippen LogP contribution < -0.4 is 5.32 Å². The van der Waals surface area contributed by atoms with Gasteiger partial charge in [0.05, 0.1) is 0 Å². The van der Waals surface area contributed by atoms with Crippen LogP contribution in [0.15, 0.2) is 0 Å². The lowest BCUT2D eigenvalue weighted by Gasteiger charge is -2.26. The highest BCUT2D eigenvalue weighted by molar-refractivity contribution is 5.96. The first kappa shape index (κ1) is 10.5. The van der Waals surface area contributed by atoms with Crippen molar-refractivity contribution in [1.29, 1.82) is 0 Å². The average molecular weight is 200 g/mol. The summed E-state index contributed by atoms with van der Waals surface area (Å²) < 4.78 is 0. The van der Waals surface area contributed by atoms with Crippen LogP contribution in [0.3, 0.4) is 0 Å². The van der Waals surface area contributed by atoms with E-state index in [1.165, 1.54) is 4.90 Å². The van der Waals surface area contributed by atoms with Crippen molar-refractivity contribution >= 4 is 17.9 Å². The van der Waals surface area contributed by atoms with Crippen molar-refractivity contribution in [2.24, 2.45) is 0 Å². The number of rotatable bonds is 4. The Morgan fingerprint density at radius 2 is 2.21 bits per heavy atom. The van der Waals surface area contributed by atoms with Gasteiger partial charge >= 0.3 is 12.0 Å². The maximum atomic E-state index is 11.1. The van der Waals surface area contributed by atoms with Gasteiger partial charge in [-0.2, -0.15) is 0 Å². The minimum atomic E-state index is -0.876. The lowest BCUT2D eigenvalue weighted by molar-refractivity contribution is -0.137. The Morgan fingerprint density at radius 1 is 1.50 bits per heavy atom. The summed E-state index contributed by atoms with van der Waals surface area (Å²) in [5, 5.41) is 10.5. The summed E-state index contributed by atoms with van der Waals surface area (Å²) >= 11 is 0. The number of aliphatic carboxylic acids is 1. The summed E-state index contributed by atoms with van der Waals surface area (Å²) in [6.45, 7) is 0.760. The molecule has 78 valence electrons. The number of urea groups is 1. The summed E-state index contributed by atoms with van der Waals surface area (Å²) in [4.78, 5) is 33.5. The molecule has 0 unspecified atom stereocenters. The number of nitrogens with zero attached hydrogens (tertiary/aromatic N) is 1. The minimum Gasteiger partial charge on any atom is -0.481 e. The summed E-state index contributed by atoms with van der Waals surface area (Å²) in [5.74, 6) is -1.15. The molecule has 1 aliphatic heterocycles. The average Bonchev–Trinajstić information content (AvgIpc) is 2.08. The van der Waals surface area contributed by atoms with Crippen LogP contribution in [-0.2, 0) is 9.59 Å². The van der Waals surface area contributed by atoms with E-state index in [2.05, 4.69) is 5.32 Å². The molecule has 6 heteroatoms. The third-order valence-electron chi connectivity index (χ3n) is 1.96. The molecular weight excluding hydrogens is 188 g/mol. The maximum absolute atomic E-state index is 11.1. The fraction of sp³-hybridized carbons (Fsp3) is 0.625. The van der Waals surface area contributed by atoms with Gasteiger partial charge in [-0.1, -0.05) is 0 Å². The summed E-state index contributed by atoms with van der Waals surface area (Å²) in [5.41, 5.74) is 0. The topological polar surface area (TPSA) is 86.7 Å². The largest absolute Gasteiger partial charge is 0.481 e. The lowest BCUT2D eigenvalue weighted by Crippen LogP contribution is -2.49. The van der Waals surface area contributed by atoms with E-state index in [9.17, 15) is 14.4 Å². The number of nitrogens with one attached hydrogen (secondary N) is 1. The van der Waals surface area contributed by atoms with E-state index in [1.54, 1.807) is 0 Å². The van der Waals surface area contributed by atoms with Gasteiger partial charge in [-0.05, 0) is 6.42 Å². The Bertz CT molecular complexity index is 264. The Hall–Kier alpha value is -1.59. The molecule has 0 atom stereocenters. The number of amides is 3. The summed E-state index contributed by atoms with van der Waals surface area (Å²) in [7, 11) is 0. The molecule has 0 radical (unpaired) electrons. The quantitative estimate of drug-likeness (QED) is 0.657. The van der Waals surface area contributed by atoms with Crippen LogP contribution >= 0.6 is 0 Å². The summed E-state index contributed by atoms with van der Waals surface area (Å²) in [6.07, 6.45) is 0.744. The van der Waals surface area contributed by atoms with E-state index in [0.717, 1.165) is 0 Å². The number of carbonyl (C=O) groups is 3. The zero-order chi connectivity index (χ0) is 10.6. The molecule has 0 bridgehead atoms. The number of carbonyl (C=O) groups excluding carboxylic acids is 2. The molecule has 0 saturated carbocycles. The highest BCUT2D eigenvalue weighted by atomic mass is 16.4. The van der Waals surface area contributed by atoms with Crippen LogP contribution in [0.4, 0.5) is 4.79 Å². The standard InChI is InChI=1S/C8H12N2O4/c11-6-3-5-10(8(14)9-6)4-1-2-7(12)13/h1-5H2,(H,12,13)(H,9,11,14). The molecule has 14 heavy (non-hydrogen) atoms. The predicted octanol–water partition coefficient (Wildman–Crippen LogP) is -0.207. The van der Waals surface area contributed by atoms with E-state index in [-0.39, 0.29) is 12.3 Å². The van der Waals surface area contributed by atoms with Gasteiger partial charge in [-0.3, -0.25) is 14.9 Å². The molecule has 0 aromatic heterocycles. The Morgan fingerprint density at radius 3 is 2.79 bits per heavy atom. The second kappa shape index (κ2) is 4.59. The zero-order valence-corrected chi connectivity index (χ0v) is 7.65. The van der Waals surface area contributed by atoms with Gasteiger partial charge in [0, 0.05) is 25.9 Å². The van der Waals surface area contributed by atoms with E-state index in [1.807, 2.05) is 0 Å². The number of carboxylic acid groups (broad SMARTS) is 1. The van der Waals surface area contributed by atoms with Crippen molar-refractivity contribution in [2.45, 2.75) is 19.3 Å². The van der Waals surface area contributed by atoms with Crippen molar-refractivity contribution in [3.63, 3.8) is 0 Å². The predicted molar refractivity (Wildman–Crippen MR) is 46.6 cm³/mol. The number of carboxylic acids is 1. The van der Waals surface area contributed by atoms with Gasteiger partial charge in [0.2, 0.25) is 5.91 Å². The van der Waals surface area contributed by atoms with Crippen molar-refractivity contribution < 1.29 is 19.5 Å². The van der Waals surface area contributed by atoms with E-state index >= 15 is 0 Å². The molecule has 0 aliphatic carbocycles. The van der Waals surface area contributed by atoms with Gasteiger partial charge in [0.25, 0.3) is 0 Å². The van der Waals surface area contributed by atoms with Gasteiger partial charge in [-0.15, -0.1) is 0 Å². The van der Waals surface area contributed by atoms with Crippen LogP contribution in [0.2, 0.25) is 0 Å². The van der Waals surface area contributed by atoms with Crippen molar-refractivity contribution in [3.05, 3.63) is 0 Å². The number of hydrogen-bond donors (Lipinski definition) is 2. The lowest BCUT2D eigenvalue weighted by atomic mass is 10.2. The van der Waals surface area contributed by atoms with Gasteiger partial charge < -0.3 is 10.0 Å². The second-order valence-corrected chi connectivity index (χ2v) is 3.09. The normalized spacial score (nSPS) is 16.7. The molecule has 1 saturated heterocycles. The molecule has 2 N–H and O–H groups in total. The van der Waals surface area contributed by atoms with Crippen LogP contribution in [0.25, 0.3) is 0 Å². The second-order valence-electron chi connectivity index (χ2n) is 3.09. The van der Waals surface area contributed by atoms with E-state index in [4.69, 9.17) is 5.11 Å². The summed E-state index contributed by atoms with van der Waals surface area (Å²) in [6, 6.07) is -0.424. The van der Waals surface area contributed by atoms with Crippen molar-refractivity contribution in [1.82, 2.24) is 10.2 Å². The van der Waals surface area contributed by atoms with E-state index < -0.39 is 12.0 Å². The van der Waals surface area contributed by atoms with Crippen LogP contribution in [0.5, 0.6) is 0 Å². The Kier molecular flexibility index (Phi) is 3.44. The minimum absolute atomic E-state index is 0.0394. The first-order valence-electron chi connectivity index (χ1n) is 4.40. The van der Waals surface area contributed by atoms with Gasteiger partial charge in [0.1, 0.15) is 0 Å². The highest BCUT2D eigenvalue weighted by Gasteiger charge is 2.22. The molecule has 6 nitrogen and oxygen atoms in total. The SMILES string of the molecule is O=C(O)CCCN1CCC(=O)NC1=O. The molecule has 0 aromatic carbocycles. The van der Waals surface area contributed by atoms with Crippen LogP contribution in [0.1, 0.15) is 19.3 Å². The van der Waals surface area contributed by atoms with Crippen LogP contribution in [-0.4, -0.2) is 41.0 Å². The van der Waals surface area contributed by atoms with E-state index in [0.29, 0.717) is 25.9 Å². The Balaban J connectivity index is 2.27. The molecule has 1 rings (SSSR count). The van der Waals surface area contributed by atoms with Gasteiger partial charge in [-0.25, -0.2) is 4.79 Å². The fourth-order valence-corrected chi connectivity index (χ4v) is 1.23. The zero-order valence-electron chi connectivity index (χ0n) is 7.65. The molecule has 3 amide bonds. The highest BCUT2D eigenvalue weighted by Crippen LogP contribution is 2.02. The molecule has 0 spiro atoms. The first-order valence-corrected chi connectivity index (χ1v) is 4.40. The fourth-order valence-electron chi connectivity index (χ4n) is 1.23. The Labute approximate surface area is 80.9 Å².